The third kappa shape index (κ3) is 6.07. The molecule has 2 atom stereocenters. The fourth-order valence-electron chi connectivity index (χ4n) is 4.00. The number of fused-ring (bicyclic) bond motifs is 3. The molecular formula is C24H27F2N3O5. The Labute approximate surface area is 195 Å². The van der Waals surface area contributed by atoms with Gasteiger partial charge in [0.2, 0.25) is 5.91 Å². The molecule has 34 heavy (non-hydrogen) atoms. The molecule has 3 rings (SSSR count). The number of amides is 2. The lowest BCUT2D eigenvalue weighted by atomic mass is 9.98. The fourth-order valence-corrected chi connectivity index (χ4v) is 4.00. The van der Waals surface area contributed by atoms with Gasteiger partial charge in [-0.3, -0.25) is 4.79 Å². The number of alkyl carbamates (subject to hydrolysis) is 1. The molecule has 0 radical (unpaired) electrons. The summed E-state index contributed by atoms with van der Waals surface area (Å²) in [6.45, 7) is -0.0772. The number of aliphatic carboxylic acids is 1. The average Bonchev–Trinajstić information content (AvgIpc) is 3.10. The summed E-state index contributed by atoms with van der Waals surface area (Å²) in [5, 5.41) is 13.4. The van der Waals surface area contributed by atoms with Gasteiger partial charge in [-0.05, 0) is 36.3 Å². The summed E-state index contributed by atoms with van der Waals surface area (Å²) in [5.41, 5.74) is 4.00. The molecule has 3 N–H and O–H groups in total. The lowest BCUT2D eigenvalue weighted by Crippen LogP contribution is -2.50. The van der Waals surface area contributed by atoms with Gasteiger partial charge in [0.1, 0.15) is 18.7 Å². The molecule has 2 aromatic rings. The molecule has 1 unspecified atom stereocenters. The van der Waals surface area contributed by atoms with Gasteiger partial charge in [0.25, 0.3) is 6.43 Å². The zero-order chi connectivity index (χ0) is 24.8. The summed E-state index contributed by atoms with van der Waals surface area (Å²) in [4.78, 5) is 37.3. The van der Waals surface area contributed by atoms with Gasteiger partial charge in [-0.25, -0.2) is 18.4 Å². The fraction of sp³-hybridized carbons (Fsp3) is 0.375. The summed E-state index contributed by atoms with van der Waals surface area (Å²) in [7, 11) is 3.23. The van der Waals surface area contributed by atoms with Crippen LogP contribution in [0.3, 0.4) is 0 Å². The average molecular weight is 475 g/mol. The molecule has 0 aromatic heterocycles. The first-order valence-corrected chi connectivity index (χ1v) is 10.7. The van der Waals surface area contributed by atoms with Crippen LogP contribution < -0.4 is 10.6 Å². The van der Waals surface area contributed by atoms with Crippen molar-refractivity contribution in [2.45, 2.75) is 30.8 Å². The number of carbonyl (C=O) groups excluding carboxylic acids is 2. The standard InChI is InChI=1S/C24H27F2N3O5/c1-29(2)12-20(23(31)32)27-21(30)11-19(22(25)26)28-24(33)34-13-18-16-9-5-3-7-14(16)15-8-4-6-10-17(15)18/h3-10,18-20,22H,11-13H2,1-2H3,(H,27,30)(H,28,33)(H,31,32)/t19?,20-/m0/s1. The molecule has 8 nitrogen and oxygen atoms in total. The Bertz CT molecular complexity index is 1000. The van der Waals surface area contributed by atoms with Crippen molar-refractivity contribution >= 4 is 18.0 Å². The van der Waals surface area contributed by atoms with Crippen LogP contribution in [0.1, 0.15) is 23.5 Å². The molecule has 2 aromatic carbocycles. The Morgan fingerprint density at radius 2 is 1.56 bits per heavy atom. The van der Waals surface area contributed by atoms with E-state index in [0.717, 1.165) is 22.3 Å². The first-order valence-electron chi connectivity index (χ1n) is 10.7. The quantitative estimate of drug-likeness (QED) is 0.488. The van der Waals surface area contributed by atoms with Crippen molar-refractivity contribution in [3.63, 3.8) is 0 Å². The van der Waals surface area contributed by atoms with E-state index in [-0.39, 0.29) is 19.1 Å². The van der Waals surface area contributed by atoms with Crippen LogP contribution in [-0.4, -0.2) is 73.7 Å². The molecular weight excluding hydrogens is 448 g/mol. The molecule has 0 saturated heterocycles. The largest absolute Gasteiger partial charge is 0.480 e. The number of carbonyl (C=O) groups is 3. The summed E-state index contributed by atoms with van der Waals surface area (Å²) in [6.07, 6.45) is -4.93. The second kappa shape index (κ2) is 11.1. The SMILES string of the molecule is CN(C)C[C@H](NC(=O)CC(NC(=O)OCC1c2ccccc2-c2ccccc21)C(F)F)C(=O)O. The monoisotopic (exact) mass is 475 g/mol. The Hall–Kier alpha value is -3.53. The van der Waals surface area contributed by atoms with Crippen molar-refractivity contribution in [1.29, 1.82) is 0 Å². The van der Waals surface area contributed by atoms with Crippen molar-refractivity contribution in [3.05, 3.63) is 59.7 Å². The number of likely N-dealkylation sites (N-methyl/N-ethyl adjacent to an activating group) is 1. The van der Waals surface area contributed by atoms with Crippen molar-refractivity contribution in [3.8, 4) is 11.1 Å². The van der Waals surface area contributed by atoms with Gasteiger partial charge >= 0.3 is 12.1 Å². The van der Waals surface area contributed by atoms with Crippen LogP contribution in [0.25, 0.3) is 11.1 Å². The maximum atomic E-state index is 13.5. The number of hydrogen-bond acceptors (Lipinski definition) is 5. The van der Waals surface area contributed by atoms with Crippen LogP contribution in [0.2, 0.25) is 0 Å². The predicted molar refractivity (Wildman–Crippen MR) is 121 cm³/mol. The number of carboxylic acid groups (broad SMARTS) is 1. The van der Waals surface area contributed by atoms with E-state index in [4.69, 9.17) is 4.74 Å². The molecule has 0 fully saturated rings. The summed E-state index contributed by atoms with van der Waals surface area (Å²) < 4.78 is 32.2. The van der Waals surface area contributed by atoms with Gasteiger partial charge in [0, 0.05) is 12.5 Å². The van der Waals surface area contributed by atoms with Gasteiger partial charge in [-0.2, -0.15) is 0 Å². The first kappa shape index (κ1) is 25.1. The van der Waals surface area contributed by atoms with Crippen LogP contribution in [0.4, 0.5) is 13.6 Å². The number of halogens is 2. The maximum Gasteiger partial charge on any atom is 0.407 e. The van der Waals surface area contributed by atoms with Crippen LogP contribution in [0.15, 0.2) is 48.5 Å². The van der Waals surface area contributed by atoms with E-state index in [2.05, 4.69) is 5.32 Å². The molecule has 1 aliphatic carbocycles. The third-order valence-electron chi connectivity index (χ3n) is 5.54. The van der Waals surface area contributed by atoms with E-state index in [1.165, 1.54) is 0 Å². The molecule has 0 spiro atoms. The number of benzene rings is 2. The van der Waals surface area contributed by atoms with Crippen LogP contribution in [0, 0.1) is 0 Å². The van der Waals surface area contributed by atoms with Crippen molar-refractivity contribution in [1.82, 2.24) is 15.5 Å². The number of ether oxygens (including phenoxy) is 1. The van der Waals surface area contributed by atoms with E-state index >= 15 is 0 Å². The summed E-state index contributed by atoms with van der Waals surface area (Å²) in [6, 6.07) is 12.3. The molecule has 0 bridgehead atoms. The maximum absolute atomic E-state index is 13.5. The molecule has 10 heteroatoms. The minimum absolute atomic E-state index is 0.0137. The molecule has 0 saturated carbocycles. The van der Waals surface area contributed by atoms with E-state index < -0.39 is 42.9 Å². The van der Waals surface area contributed by atoms with Gasteiger partial charge in [-0.15, -0.1) is 0 Å². The Morgan fingerprint density at radius 1 is 1.00 bits per heavy atom. The third-order valence-corrected chi connectivity index (χ3v) is 5.54. The number of carboxylic acids is 1. The van der Waals surface area contributed by atoms with Crippen LogP contribution in [0.5, 0.6) is 0 Å². The molecule has 0 aliphatic heterocycles. The van der Waals surface area contributed by atoms with Crippen LogP contribution >= 0.6 is 0 Å². The topological polar surface area (TPSA) is 108 Å². The van der Waals surface area contributed by atoms with Gasteiger partial charge in [0.15, 0.2) is 0 Å². The van der Waals surface area contributed by atoms with E-state index in [1.807, 2.05) is 53.8 Å². The number of nitrogens with one attached hydrogen (secondary N) is 2. The molecule has 182 valence electrons. The Kier molecular flexibility index (Phi) is 8.17. The van der Waals surface area contributed by atoms with Gasteiger partial charge in [-0.1, -0.05) is 48.5 Å². The number of nitrogens with zero attached hydrogens (tertiary/aromatic N) is 1. The molecule has 0 heterocycles. The first-order chi connectivity index (χ1) is 16.2. The normalized spacial score (nSPS) is 14.3. The van der Waals surface area contributed by atoms with Gasteiger partial charge in [0.05, 0.1) is 6.42 Å². The van der Waals surface area contributed by atoms with Gasteiger partial charge < -0.3 is 25.4 Å². The second-order valence-corrected chi connectivity index (χ2v) is 8.34. The highest BCUT2D eigenvalue weighted by atomic mass is 19.3. The highest BCUT2D eigenvalue weighted by molar-refractivity contribution is 5.84. The van der Waals surface area contributed by atoms with E-state index in [9.17, 15) is 28.3 Å². The molecule has 2 amide bonds. The zero-order valence-electron chi connectivity index (χ0n) is 18.8. The zero-order valence-corrected chi connectivity index (χ0v) is 18.8. The smallest absolute Gasteiger partial charge is 0.407 e. The number of rotatable bonds is 10. The number of alkyl halides is 2. The summed E-state index contributed by atoms with van der Waals surface area (Å²) >= 11 is 0. The van der Waals surface area contributed by atoms with Crippen molar-refractivity contribution in [2.24, 2.45) is 0 Å². The van der Waals surface area contributed by atoms with Crippen LogP contribution in [-0.2, 0) is 14.3 Å². The van der Waals surface area contributed by atoms with Crippen molar-refractivity contribution < 1.29 is 33.0 Å². The lowest BCUT2D eigenvalue weighted by Gasteiger charge is -2.22. The molecule has 1 aliphatic rings. The van der Waals surface area contributed by atoms with Crippen molar-refractivity contribution in [2.75, 3.05) is 27.2 Å². The summed E-state index contributed by atoms with van der Waals surface area (Å²) in [5.74, 6) is -2.45. The van der Waals surface area contributed by atoms with E-state index in [1.54, 1.807) is 19.0 Å². The highest BCUT2D eigenvalue weighted by Crippen LogP contribution is 2.44. The van der Waals surface area contributed by atoms with E-state index in [0.29, 0.717) is 0 Å². The Balaban J connectivity index is 1.59. The minimum Gasteiger partial charge on any atom is -0.480 e. The second-order valence-electron chi connectivity index (χ2n) is 8.34. The predicted octanol–water partition coefficient (Wildman–Crippen LogP) is 2.68. The highest BCUT2D eigenvalue weighted by Gasteiger charge is 2.31. The Morgan fingerprint density at radius 3 is 2.06 bits per heavy atom. The number of hydrogen-bond donors (Lipinski definition) is 3. The minimum atomic E-state index is -3.05. The lowest BCUT2D eigenvalue weighted by molar-refractivity contribution is -0.142.